The summed E-state index contributed by atoms with van der Waals surface area (Å²) in [5, 5.41) is 0. The molecule has 3 heteroatoms. The Kier molecular flexibility index (Phi) is 4.06. The zero-order valence-electron chi connectivity index (χ0n) is 9.11. The number of hydrogen-bond acceptors (Lipinski definition) is 3. The Labute approximate surface area is 95.6 Å². The highest BCUT2D eigenvalue weighted by Crippen LogP contribution is 2.22. The second-order valence-corrected chi connectivity index (χ2v) is 4.76. The maximum Gasteiger partial charge on any atom is 0.0594 e. The van der Waals surface area contributed by atoms with Crippen molar-refractivity contribution in [2.45, 2.75) is 11.8 Å². The molecule has 0 aliphatic carbocycles. The molecule has 1 aromatic rings. The summed E-state index contributed by atoms with van der Waals surface area (Å²) in [6, 6.07) is 8.56. The number of thioether (sulfide) groups is 1. The van der Waals surface area contributed by atoms with Crippen LogP contribution in [0.1, 0.15) is 5.56 Å². The molecule has 1 aromatic carbocycles. The van der Waals surface area contributed by atoms with Crippen molar-refractivity contribution in [3.05, 3.63) is 29.8 Å². The maximum atomic E-state index is 5.32. The monoisotopic (exact) mass is 223 g/mol. The SMILES string of the molecule is Cc1ccccc1SCN1CCOCC1. The molecular weight excluding hydrogens is 206 g/mol. The topological polar surface area (TPSA) is 12.5 Å². The van der Waals surface area contributed by atoms with Gasteiger partial charge in [-0.2, -0.15) is 0 Å². The molecule has 1 heterocycles. The molecule has 0 saturated carbocycles. The maximum absolute atomic E-state index is 5.32. The third kappa shape index (κ3) is 3.23. The van der Waals surface area contributed by atoms with E-state index in [1.807, 2.05) is 11.8 Å². The minimum atomic E-state index is 0.883. The first-order chi connectivity index (χ1) is 7.36. The molecule has 0 spiro atoms. The molecule has 0 N–H and O–H groups in total. The third-order valence-electron chi connectivity index (χ3n) is 2.60. The van der Waals surface area contributed by atoms with Crippen molar-refractivity contribution in [2.75, 3.05) is 32.2 Å². The quantitative estimate of drug-likeness (QED) is 0.730. The molecule has 2 nitrogen and oxygen atoms in total. The normalized spacial score (nSPS) is 17.9. The van der Waals surface area contributed by atoms with Gasteiger partial charge in [-0.3, -0.25) is 4.90 Å². The van der Waals surface area contributed by atoms with E-state index < -0.39 is 0 Å². The summed E-state index contributed by atoms with van der Waals surface area (Å²) >= 11 is 1.92. The van der Waals surface area contributed by atoms with Crippen LogP contribution < -0.4 is 0 Å². The Morgan fingerprint density at radius 1 is 1.27 bits per heavy atom. The summed E-state index contributed by atoms with van der Waals surface area (Å²) in [6.07, 6.45) is 0. The molecule has 1 fully saturated rings. The highest BCUT2D eigenvalue weighted by molar-refractivity contribution is 7.99. The standard InChI is InChI=1S/C12H17NOS/c1-11-4-2-3-5-12(11)15-10-13-6-8-14-9-7-13/h2-5H,6-10H2,1H3. The van der Waals surface area contributed by atoms with Gasteiger partial charge in [0.05, 0.1) is 13.2 Å². The van der Waals surface area contributed by atoms with Crippen LogP contribution in [0.3, 0.4) is 0 Å². The van der Waals surface area contributed by atoms with Gasteiger partial charge in [0, 0.05) is 23.9 Å². The number of hydrogen-bond donors (Lipinski definition) is 0. The lowest BCUT2D eigenvalue weighted by Crippen LogP contribution is -2.35. The number of rotatable bonds is 3. The summed E-state index contributed by atoms with van der Waals surface area (Å²) in [6.45, 7) is 6.07. The van der Waals surface area contributed by atoms with Gasteiger partial charge in [0.2, 0.25) is 0 Å². The molecule has 0 atom stereocenters. The van der Waals surface area contributed by atoms with Crippen molar-refractivity contribution in [1.82, 2.24) is 4.90 Å². The Morgan fingerprint density at radius 2 is 2.00 bits per heavy atom. The van der Waals surface area contributed by atoms with Crippen molar-refractivity contribution < 1.29 is 4.74 Å². The van der Waals surface area contributed by atoms with Crippen LogP contribution in [0.25, 0.3) is 0 Å². The van der Waals surface area contributed by atoms with Gasteiger partial charge in [-0.1, -0.05) is 18.2 Å². The Balaban J connectivity index is 1.84. The van der Waals surface area contributed by atoms with Gasteiger partial charge in [0.15, 0.2) is 0 Å². The number of morpholine rings is 1. The van der Waals surface area contributed by atoms with Crippen LogP contribution in [0.4, 0.5) is 0 Å². The van der Waals surface area contributed by atoms with E-state index in [0.29, 0.717) is 0 Å². The van der Waals surface area contributed by atoms with Crippen LogP contribution in [0.15, 0.2) is 29.2 Å². The van der Waals surface area contributed by atoms with E-state index in [1.165, 1.54) is 10.5 Å². The van der Waals surface area contributed by atoms with E-state index in [-0.39, 0.29) is 0 Å². The van der Waals surface area contributed by atoms with Gasteiger partial charge in [-0.25, -0.2) is 0 Å². The van der Waals surface area contributed by atoms with Crippen LogP contribution in [0, 0.1) is 6.92 Å². The van der Waals surface area contributed by atoms with E-state index in [1.54, 1.807) is 0 Å². The average molecular weight is 223 g/mol. The molecule has 0 bridgehead atoms. The Morgan fingerprint density at radius 3 is 2.73 bits per heavy atom. The van der Waals surface area contributed by atoms with Crippen molar-refractivity contribution in [3.8, 4) is 0 Å². The number of ether oxygens (including phenoxy) is 1. The summed E-state index contributed by atoms with van der Waals surface area (Å²) in [5.41, 5.74) is 1.37. The summed E-state index contributed by atoms with van der Waals surface area (Å²) in [7, 11) is 0. The second kappa shape index (κ2) is 5.54. The molecule has 1 aliphatic heterocycles. The fourth-order valence-corrected chi connectivity index (χ4v) is 2.66. The van der Waals surface area contributed by atoms with E-state index in [2.05, 4.69) is 36.1 Å². The predicted molar refractivity (Wildman–Crippen MR) is 64.3 cm³/mol. The van der Waals surface area contributed by atoms with Gasteiger partial charge in [-0.15, -0.1) is 11.8 Å². The smallest absolute Gasteiger partial charge is 0.0594 e. The summed E-state index contributed by atoms with van der Waals surface area (Å²) in [5.74, 6) is 1.08. The fourth-order valence-electron chi connectivity index (χ4n) is 1.61. The predicted octanol–water partition coefficient (Wildman–Crippen LogP) is 2.38. The molecule has 82 valence electrons. The molecule has 0 radical (unpaired) electrons. The molecule has 1 aliphatic rings. The lowest BCUT2D eigenvalue weighted by atomic mass is 10.2. The minimum absolute atomic E-state index is 0.883. The molecule has 0 aromatic heterocycles. The van der Waals surface area contributed by atoms with Crippen LogP contribution in [-0.4, -0.2) is 37.1 Å². The number of benzene rings is 1. The van der Waals surface area contributed by atoms with Crippen molar-refractivity contribution in [1.29, 1.82) is 0 Å². The van der Waals surface area contributed by atoms with Gasteiger partial charge >= 0.3 is 0 Å². The van der Waals surface area contributed by atoms with Crippen LogP contribution in [0.5, 0.6) is 0 Å². The van der Waals surface area contributed by atoms with E-state index >= 15 is 0 Å². The van der Waals surface area contributed by atoms with Gasteiger partial charge < -0.3 is 4.74 Å². The first-order valence-corrected chi connectivity index (χ1v) is 6.33. The fraction of sp³-hybridized carbons (Fsp3) is 0.500. The van der Waals surface area contributed by atoms with Gasteiger partial charge in [0.1, 0.15) is 0 Å². The lowest BCUT2D eigenvalue weighted by Gasteiger charge is -2.26. The number of nitrogens with zero attached hydrogens (tertiary/aromatic N) is 1. The second-order valence-electron chi connectivity index (χ2n) is 3.77. The average Bonchev–Trinajstić information content (AvgIpc) is 2.29. The molecule has 0 amide bonds. The number of aryl methyl sites for hydroxylation is 1. The molecular formula is C12H17NOS. The van der Waals surface area contributed by atoms with Gasteiger partial charge in [-0.05, 0) is 18.6 Å². The first kappa shape index (κ1) is 11.0. The van der Waals surface area contributed by atoms with E-state index in [9.17, 15) is 0 Å². The largest absolute Gasteiger partial charge is 0.379 e. The van der Waals surface area contributed by atoms with E-state index in [4.69, 9.17) is 4.74 Å². The molecule has 1 saturated heterocycles. The summed E-state index contributed by atoms with van der Waals surface area (Å²) in [4.78, 5) is 3.84. The van der Waals surface area contributed by atoms with Crippen LogP contribution in [0.2, 0.25) is 0 Å². The van der Waals surface area contributed by atoms with E-state index in [0.717, 1.165) is 32.2 Å². The third-order valence-corrected chi connectivity index (χ3v) is 3.86. The molecule has 15 heavy (non-hydrogen) atoms. The van der Waals surface area contributed by atoms with Crippen molar-refractivity contribution >= 4 is 11.8 Å². The molecule has 0 unspecified atom stereocenters. The zero-order valence-corrected chi connectivity index (χ0v) is 9.93. The Hall–Kier alpha value is -0.510. The Bertz CT molecular complexity index is 310. The molecule has 2 rings (SSSR count). The summed E-state index contributed by atoms with van der Waals surface area (Å²) < 4.78 is 5.32. The van der Waals surface area contributed by atoms with Gasteiger partial charge in [0.25, 0.3) is 0 Å². The highest BCUT2D eigenvalue weighted by Gasteiger charge is 2.10. The highest BCUT2D eigenvalue weighted by atomic mass is 32.2. The minimum Gasteiger partial charge on any atom is -0.379 e. The first-order valence-electron chi connectivity index (χ1n) is 5.35. The van der Waals surface area contributed by atoms with Crippen LogP contribution >= 0.6 is 11.8 Å². The van der Waals surface area contributed by atoms with Crippen molar-refractivity contribution in [3.63, 3.8) is 0 Å². The van der Waals surface area contributed by atoms with Crippen LogP contribution in [-0.2, 0) is 4.74 Å². The zero-order chi connectivity index (χ0) is 10.5. The van der Waals surface area contributed by atoms with Crippen molar-refractivity contribution in [2.24, 2.45) is 0 Å². The lowest BCUT2D eigenvalue weighted by molar-refractivity contribution is 0.0474.